The molecule has 4 aromatic rings. The number of amides is 1. The molecule has 1 amide bonds. The zero-order chi connectivity index (χ0) is 28.9. The summed E-state index contributed by atoms with van der Waals surface area (Å²) < 4.78 is 4.38. The topological polar surface area (TPSA) is 121 Å². The molecule has 2 aliphatic rings. The van der Waals surface area contributed by atoms with Gasteiger partial charge in [0, 0.05) is 43.1 Å². The number of nitrogens with one attached hydrogen (secondary N) is 3. The molecular weight excluding hydrogens is 560 g/mol. The van der Waals surface area contributed by atoms with Gasteiger partial charge in [-0.25, -0.2) is 9.97 Å². The van der Waals surface area contributed by atoms with Gasteiger partial charge in [0.15, 0.2) is 5.69 Å². The molecule has 1 fully saturated rings. The van der Waals surface area contributed by atoms with E-state index in [4.69, 9.17) is 16.6 Å². The number of anilines is 2. The van der Waals surface area contributed by atoms with Gasteiger partial charge in [0.25, 0.3) is 11.5 Å². The lowest BCUT2D eigenvalue weighted by Crippen LogP contribution is -2.44. The lowest BCUT2D eigenvalue weighted by Gasteiger charge is -2.40. The summed E-state index contributed by atoms with van der Waals surface area (Å²) in [5, 5.41) is 11.8. The molecule has 1 atom stereocenters. The van der Waals surface area contributed by atoms with Crippen molar-refractivity contribution in [3.63, 3.8) is 0 Å². The van der Waals surface area contributed by atoms with E-state index in [1.165, 1.54) is 23.2 Å². The smallest absolute Gasteiger partial charge is 0.281 e. The second-order valence-electron chi connectivity index (χ2n) is 11.1. The van der Waals surface area contributed by atoms with Crippen molar-refractivity contribution in [3.05, 3.63) is 74.0 Å². The molecule has 1 aromatic carbocycles. The number of nitrogens with zero attached hydrogens (tertiary/aromatic N) is 5. The fraction of sp³-hybridized carbons (Fsp3) is 0.414. The van der Waals surface area contributed by atoms with Gasteiger partial charge in [0.2, 0.25) is 5.95 Å². The van der Waals surface area contributed by atoms with Gasteiger partial charge >= 0.3 is 0 Å². The standard InChI is InChI=1S/C29H33ClN8O2S/c1-16-13-19(17(2)32-21-5-6-22(30)33-24(21)26(39)36-41-4)23-20(14-16)27(40)37(3)28(34-23)38-11-9-29(10-12-38)8-7-18-15-31-35-25(18)29/h5-6,13-15,17,32H,7-12H2,1-4H3,(H,31,35)(H,36,39). The second-order valence-corrected chi connectivity index (χ2v) is 12.1. The molecule has 1 aliphatic heterocycles. The summed E-state index contributed by atoms with van der Waals surface area (Å²) in [5.74, 6) is 0.330. The largest absolute Gasteiger partial charge is 0.377 e. The van der Waals surface area contributed by atoms with Crippen LogP contribution in [-0.2, 0) is 18.9 Å². The number of hydrogen-bond donors (Lipinski definition) is 3. The number of fused-ring (bicyclic) bond motifs is 3. The molecule has 41 heavy (non-hydrogen) atoms. The number of aromatic amines is 1. The van der Waals surface area contributed by atoms with Crippen LogP contribution < -0.4 is 20.5 Å². The van der Waals surface area contributed by atoms with E-state index >= 15 is 0 Å². The summed E-state index contributed by atoms with van der Waals surface area (Å²) in [4.78, 5) is 38.0. The Balaban J connectivity index is 1.35. The van der Waals surface area contributed by atoms with E-state index in [9.17, 15) is 9.59 Å². The third kappa shape index (κ3) is 4.84. The summed E-state index contributed by atoms with van der Waals surface area (Å²) in [6, 6.07) is 7.05. The molecule has 0 bridgehead atoms. The van der Waals surface area contributed by atoms with Gasteiger partial charge in [-0.05, 0) is 68.9 Å². The third-order valence-corrected chi connectivity index (χ3v) is 9.16. The number of aryl methyl sites for hydroxylation is 2. The van der Waals surface area contributed by atoms with Crippen LogP contribution in [0, 0.1) is 6.92 Å². The van der Waals surface area contributed by atoms with E-state index in [1.807, 2.05) is 32.2 Å². The Labute approximate surface area is 247 Å². The Morgan fingerprint density at radius 1 is 1.20 bits per heavy atom. The molecule has 214 valence electrons. The molecule has 6 rings (SSSR count). The second kappa shape index (κ2) is 10.7. The van der Waals surface area contributed by atoms with Crippen molar-refractivity contribution in [1.29, 1.82) is 0 Å². The number of carbonyl (C=O) groups excluding carboxylic acids is 1. The maximum absolute atomic E-state index is 13.7. The van der Waals surface area contributed by atoms with E-state index in [2.05, 4.69) is 30.1 Å². The minimum absolute atomic E-state index is 0.0765. The molecule has 10 nitrogen and oxygen atoms in total. The highest BCUT2D eigenvalue weighted by molar-refractivity contribution is 7.97. The van der Waals surface area contributed by atoms with E-state index in [0.29, 0.717) is 22.5 Å². The Morgan fingerprint density at radius 2 is 1.98 bits per heavy atom. The number of H-pyrrole nitrogens is 1. The fourth-order valence-corrected chi connectivity index (χ4v) is 6.85. The summed E-state index contributed by atoms with van der Waals surface area (Å²) >= 11 is 7.31. The number of carbonyl (C=O) groups is 1. The Kier molecular flexibility index (Phi) is 7.19. The molecule has 1 spiro atoms. The first-order valence-electron chi connectivity index (χ1n) is 13.8. The van der Waals surface area contributed by atoms with E-state index in [1.54, 1.807) is 30.0 Å². The molecule has 3 N–H and O–H groups in total. The summed E-state index contributed by atoms with van der Waals surface area (Å²) in [7, 11) is 1.80. The van der Waals surface area contributed by atoms with Crippen LogP contribution in [0.4, 0.5) is 11.6 Å². The number of pyridine rings is 1. The van der Waals surface area contributed by atoms with Crippen molar-refractivity contribution in [2.24, 2.45) is 7.05 Å². The predicted octanol–water partition coefficient (Wildman–Crippen LogP) is 4.68. The number of piperidine rings is 1. The van der Waals surface area contributed by atoms with E-state index < -0.39 is 0 Å². The normalized spacial score (nSPS) is 16.7. The average molecular weight is 593 g/mol. The van der Waals surface area contributed by atoms with Crippen LogP contribution in [0.1, 0.15) is 65.1 Å². The minimum Gasteiger partial charge on any atom is -0.377 e. The van der Waals surface area contributed by atoms with Gasteiger partial charge in [0.05, 0.1) is 28.8 Å². The van der Waals surface area contributed by atoms with Gasteiger partial charge in [-0.15, -0.1) is 0 Å². The zero-order valence-electron chi connectivity index (χ0n) is 23.5. The van der Waals surface area contributed by atoms with Crippen molar-refractivity contribution >= 4 is 52.0 Å². The number of halogens is 1. The highest BCUT2D eigenvalue weighted by atomic mass is 35.5. The SMILES string of the molecule is CSNC(=O)c1nc(Cl)ccc1NC(C)c1cc(C)cc2c(=O)n(C)c(N3CCC4(CCc5cn[nH]c54)CC3)nc12. The number of benzene rings is 1. The van der Waals surface area contributed by atoms with Crippen LogP contribution in [0.15, 0.2) is 35.3 Å². The van der Waals surface area contributed by atoms with Crippen LogP contribution >= 0.6 is 23.5 Å². The van der Waals surface area contributed by atoms with Crippen molar-refractivity contribution in [3.8, 4) is 0 Å². The fourth-order valence-electron chi connectivity index (χ4n) is 6.42. The molecule has 12 heteroatoms. The van der Waals surface area contributed by atoms with Crippen LogP contribution in [0.3, 0.4) is 0 Å². The monoisotopic (exact) mass is 592 g/mol. The highest BCUT2D eigenvalue weighted by Gasteiger charge is 2.43. The lowest BCUT2D eigenvalue weighted by molar-refractivity contribution is 0.0980. The average Bonchev–Trinajstić information content (AvgIpc) is 3.56. The quantitative estimate of drug-likeness (QED) is 0.218. The summed E-state index contributed by atoms with van der Waals surface area (Å²) in [6.07, 6.45) is 7.90. The molecule has 4 heterocycles. The Hall–Kier alpha value is -3.57. The molecule has 1 unspecified atom stereocenters. The predicted molar refractivity (Wildman–Crippen MR) is 164 cm³/mol. The summed E-state index contributed by atoms with van der Waals surface area (Å²) in [6.45, 7) is 5.58. The number of hydrogen-bond acceptors (Lipinski definition) is 8. The molecule has 1 saturated heterocycles. The van der Waals surface area contributed by atoms with Crippen molar-refractivity contribution in [2.45, 2.75) is 51.0 Å². The van der Waals surface area contributed by atoms with Gasteiger partial charge in [-0.3, -0.25) is 24.0 Å². The molecule has 0 radical (unpaired) electrons. The van der Waals surface area contributed by atoms with E-state index in [-0.39, 0.29) is 33.8 Å². The number of aromatic nitrogens is 5. The first-order chi connectivity index (χ1) is 19.7. The zero-order valence-corrected chi connectivity index (χ0v) is 25.1. The highest BCUT2D eigenvalue weighted by Crippen LogP contribution is 2.45. The molecular formula is C29H33ClN8O2S. The van der Waals surface area contributed by atoms with Crippen LogP contribution in [0.25, 0.3) is 10.9 Å². The summed E-state index contributed by atoms with van der Waals surface area (Å²) in [5.41, 5.74) is 5.91. The van der Waals surface area contributed by atoms with Crippen LogP contribution in [0.2, 0.25) is 5.15 Å². The van der Waals surface area contributed by atoms with Gasteiger partial charge in [-0.2, -0.15) is 5.10 Å². The van der Waals surface area contributed by atoms with Crippen LogP contribution in [0.5, 0.6) is 0 Å². The Bertz CT molecular complexity index is 1710. The van der Waals surface area contributed by atoms with Gasteiger partial charge in [0.1, 0.15) is 5.15 Å². The molecule has 3 aromatic heterocycles. The number of rotatable bonds is 6. The lowest BCUT2D eigenvalue weighted by atomic mass is 9.76. The minimum atomic E-state index is -0.342. The maximum atomic E-state index is 13.7. The molecule has 0 saturated carbocycles. The van der Waals surface area contributed by atoms with Crippen molar-refractivity contribution in [2.75, 3.05) is 29.6 Å². The first kappa shape index (κ1) is 27.6. The Morgan fingerprint density at radius 3 is 2.73 bits per heavy atom. The third-order valence-electron chi connectivity index (χ3n) is 8.56. The van der Waals surface area contributed by atoms with Crippen molar-refractivity contribution in [1.82, 2.24) is 29.5 Å². The van der Waals surface area contributed by atoms with Crippen LogP contribution in [-0.4, -0.2) is 50.0 Å². The van der Waals surface area contributed by atoms with E-state index in [0.717, 1.165) is 49.9 Å². The first-order valence-corrected chi connectivity index (χ1v) is 15.4. The van der Waals surface area contributed by atoms with Gasteiger partial charge < -0.3 is 10.2 Å². The van der Waals surface area contributed by atoms with Gasteiger partial charge in [-0.1, -0.05) is 29.6 Å². The molecule has 1 aliphatic carbocycles. The van der Waals surface area contributed by atoms with Crippen molar-refractivity contribution < 1.29 is 4.79 Å². The maximum Gasteiger partial charge on any atom is 0.281 e.